The third kappa shape index (κ3) is 2.19. The van der Waals surface area contributed by atoms with Crippen molar-refractivity contribution in [2.24, 2.45) is 0 Å². The Bertz CT molecular complexity index is 504. The zero-order valence-electron chi connectivity index (χ0n) is 8.87. The largest absolute Gasteiger partial charge is 0.310 e. The Morgan fingerprint density at radius 2 is 2.31 bits per heavy atom. The number of benzene rings is 1. The van der Waals surface area contributed by atoms with Gasteiger partial charge < -0.3 is 5.32 Å². The van der Waals surface area contributed by atoms with Gasteiger partial charge in [-0.05, 0) is 42.1 Å². The molecule has 2 rings (SSSR count). The van der Waals surface area contributed by atoms with Gasteiger partial charge in [0.05, 0.1) is 6.04 Å². The van der Waals surface area contributed by atoms with Crippen LogP contribution < -0.4 is 5.32 Å². The van der Waals surface area contributed by atoms with Crippen LogP contribution in [0.25, 0.3) is 10.1 Å². The van der Waals surface area contributed by atoms with Gasteiger partial charge in [0.1, 0.15) is 0 Å². The van der Waals surface area contributed by atoms with Crippen LogP contribution in [-0.2, 0) is 0 Å². The minimum atomic E-state index is -0.156. The van der Waals surface area contributed by atoms with E-state index >= 15 is 0 Å². The van der Waals surface area contributed by atoms with E-state index in [0.717, 1.165) is 10.9 Å². The van der Waals surface area contributed by atoms with E-state index in [2.05, 4.69) is 21.2 Å². The fraction of sp³-hybridized carbons (Fsp3) is 0.250. The monoisotopic (exact) mass is 297 g/mol. The summed E-state index contributed by atoms with van der Waals surface area (Å²) in [5.41, 5.74) is 0.768. The van der Waals surface area contributed by atoms with Crippen molar-refractivity contribution in [1.82, 2.24) is 5.32 Å². The van der Waals surface area contributed by atoms with E-state index in [4.69, 9.17) is 0 Å². The van der Waals surface area contributed by atoms with Crippen molar-refractivity contribution < 1.29 is 4.79 Å². The lowest BCUT2D eigenvalue weighted by Crippen LogP contribution is -2.35. The van der Waals surface area contributed by atoms with Crippen molar-refractivity contribution in [1.29, 1.82) is 0 Å². The number of alkyl halides is 1. The fourth-order valence-electron chi connectivity index (χ4n) is 1.60. The predicted octanol–water partition coefficient (Wildman–Crippen LogP) is 3.07. The highest BCUT2D eigenvalue weighted by atomic mass is 79.9. The molecular weight excluding hydrogens is 286 g/mol. The number of ketones is 1. The SMILES string of the molecule is CNC(CBr)C(=O)c1ccc2sccc2c1. The first-order valence-corrected chi connectivity index (χ1v) is 7.01. The number of hydrogen-bond donors (Lipinski definition) is 1. The zero-order chi connectivity index (χ0) is 11.5. The second-order valence-electron chi connectivity index (χ2n) is 3.53. The molecule has 2 aromatic rings. The molecule has 1 unspecified atom stereocenters. The van der Waals surface area contributed by atoms with Gasteiger partial charge >= 0.3 is 0 Å². The number of hydrogen-bond acceptors (Lipinski definition) is 3. The van der Waals surface area contributed by atoms with Crippen LogP contribution in [0, 0.1) is 0 Å². The number of Topliss-reactive ketones (excluding diaryl/α,β-unsaturated/α-hetero) is 1. The molecule has 1 atom stereocenters. The van der Waals surface area contributed by atoms with Crippen LogP contribution in [0.2, 0.25) is 0 Å². The zero-order valence-corrected chi connectivity index (χ0v) is 11.3. The molecular formula is C12H12BrNOS. The van der Waals surface area contributed by atoms with Crippen LogP contribution in [0.3, 0.4) is 0 Å². The van der Waals surface area contributed by atoms with Crippen LogP contribution in [0.5, 0.6) is 0 Å². The average molecular weight is 298 g/mol. The molecule has 0 spiro atoms. The highest BCUT2D eigenvalue weighted by Crippen LogP contribution is 2.22. The van der Waals surface area contributed by atoms with E-state index in [0.29, 0.717) is 5.33 Å². The summed E-state index contributed by atoms with van der Waals surface area (Å²) in [5, 5.41) is 6.81. The third-order valence-electron chi connectivity index (χ3n) is 2.56. The van der Waals surface area contributed by atoms with Gasteiger partial charge in [-0.25, -0.2) is 0 Å². The standard InChI is InChI=1S/C12H12BrNOS/c1-14-10(7-13)12(15)9-2-3-11-8(6-9)4-5-16-11/h2-6,10,14H,7H2,1H3. The van der Waals surface area contributed by atoms with Crippen molar-refractivity contribution >= 4 is 43.1 Å². The average Bonchev–Trinajstić information content (AvgIpc) is 2.77. The molecule has 2 nitrogen and oxygen atoms in total. The van der Waals surface area contributed by atoms with E-state index in [-0.39, 0.29) is 11.8 Å². The molecule has 0 saturated carbocycles. The molecule has 1 aromatic heterocycles. The van der Waals surface area contributed by atoms with Gasteiger partial charge in [-0.2, -0.15) is 0 Å². The van der Waals surface area contributed by atoms with Gasteiger partial charge in [0.15, 0.2) is 5.78 Å². The third-order valence-corrected chi connectivity index (χ3v) is 4.10. The van der Waals surface area contributed by atoms with E-state index in [1.807, 2.05) is 29.6 Å². The molecule has 16 heavy (non-hydrogen) atoms. The predicted molar refractivity (Wildman–Crippen MR) is 72.8 cm³/mol. The minimum Gasteiger partial charge on any atom is -0.310 e. The molecule has 0 bridgehead atoms. The van der Waals surface area contributed by atoms with Gasteiger partial charge in [-0.1, -0.05) is 15.9 Å². The topological polar surface area (TPSA) is 29.1 Å². The summed E-state index contributed by atoms with van der Waals surface area (Å²) in [5.74, 6) is 0.132. The van der Waals surface area contributed by atoms with Gasteiger partial charge in [-0.3, -0.25) is 4.79 Å². The number of fused-ring (bicyclic) bond motifs is 1. The summed E-state index contributed by atoms with van der Waals surface area (Å²) in [6.07, 6.45) is 0. The van der Waals surface area contributed by atoms with Crippen LogP contribution in [0.15, 0.2) is 29.6 Å². The lowest BCUT2D eigenvalue weighted by atomic mass is 10.0. The fourth-order valence-corrected chi connectivity index (χ4v) is 2.99. The molecule has 0 aliphatic heterocycles. The first-order chi connectivity index (χ1) is 7.76. The van der Waals surface area contributed by atoms with Crippen LogP contribution in [0.1, 0.15) is 10.4 Å². The molecule has 0 aliphatic carbocycles. The molecule has 1 aromatic carbocycles. The first kappa shape index (κ1) is 11.8. The second kappa shape index (κ2) is 5.08. The summed E-state index contributed by atoms with van der Waals surface area (Å²) >= 11 is 5.03. The summed E-state index contributed by atoms with van der Waals surface area (Å²) in [6, 6.07) is 7.75. The lowest BCUT2D eigenvalue weighted by molar-refractivity contribution is 0.0958. The maximum absolute atomic E-state index is 12.1. The molecule has 84 valence electrons. The summed E-state index contributed by atoms with van der Waals surface area (Å²) in [6.45, 7) is 0. The molecule has 0 saturated heterocycles. The Kier molecular flexibility index (Phi) is 3.74. The van der Waals surface area contributed by atoms with Crippen molar-refractivity contribution in [2.45, 2.75) is 6.04 Å². The molecule has 0 fully saturated rings. The highest BCUT2D eigenvalue weighted by Gasteiger charge is 2.16. The normalized spacial score (nSPS) is 12.9. The summed E-state index contributed by atoms with van der Waals surface area (Å²) in [4.78, 5) is 12.1. The Balaban J connectivity index is 2.35. The van der Waals surface area contributed by atoms with Crippen LogP contribution in [-0.4, -0.2) is 24.2 Å². The number of likely N-dealkylation sites (N-methyl/N-ethyl adjacent to an activating group) is 1. The van der Waals surface area contributed by atoms with Crippen molar-refractivity contribution in [3.05, 3.63) is 35.2 Å². The van der Waals surface area contributed by atoms with Crippen LogP contribution in [0.4, 0.5) is 0 Å². The second-order valence-corrected chi connectivity index (χ2v) is 5.13. The number of thiophene rings is 1. The van der Waals surface area contributed by atoms with Crippen molar-refractivity contribution in [3.8, 4) is 0 Å². The number of carbonyl (C=O) groups excluding carboxylic acids is 1. The Hall–Kier alpha value is -0.710. The van der Waals surface area contributed by atoms with E-state index < -0.39 is 0 Å². The van der Waals surface area contributed by atoms with E-state index in [1.165, 1.54) is 4.70 Å². The number of nitrogens with one attached hydrogen (secondary N) is 1. The smallest absolute Gasteiger partial charge is 0.180 e. The van der Waals surface area contributed by atoms with Gasteiger partial charge in [-0.15, -0.1) is 11.3 Å². The summed E-state index contributed by atoms with van der Waals surface area (Å²) in [7, 11) is 1.80. The molecule has 1 heterocycles. The molecule has 4 heteroatoms. The quantitative estimate of drug-likeness (QED) is 0.694. The maximum Gasteiger partial charge on any atom is 0.180 e. The van der Waals surface area contributed by atoms with Gasteiger partial charge in [0.2, 0.25) is 0 Å². The molecule has 1 N–H and O–H groups in total. The Morgan fingerprint density at radius 1 is 1.50 bits per heavy atom. The number of carbonyl (C=O) groups is 1. The van der Waals surface area contributed by atoms with Crippen molar-refractivity contribution in [2.75, 3.05) is 12.4 Å². The minimum absolute atomic E-state index is 0.132. The first-order valence-electron chi connectivity index (χ1n) is 5.01. The Morgan fingerprint density at radius 3 is 3.00 bits per heavy atom. The highest BCUT2D eigenvalue weighted by molar-refractivity contribution is 9.09. The van der Waals surface area contributed by atoms with Crippen LogP contribution >= 0.6 is 27.3 Å². The van der Waals surface area contributed by atoms with Crippen molar-refractivity contribution in [3.63, 3.8) is 0 Å². The summed E-state index contributed by atoms with van der Waals surface area (Å²) < 4.78 is 1.22. The molecule has 0 radical (unpaired) electrons. The number of halogens is 1. The Labute approximate surface area is 107 Å². The molecule has 0 aliphatic rings. The number of rotatable bonds is 4. The maximum atomic E-state index is 12.1. The van der Waals surface area contributed by atoms with Gasteiger partial charge in [0.25, 0.3) is 0 Å². The molecule has 0 amide bonds. The lowest BCUT2D eigenvalue weighted by Gasteiger charge is -2.11. The van der Waals surface area contributed by atoms with Gasteiger partial charge in [0, 0.05) is 15.6 Å². The van der Waals surface area contributed by atoms with E-state index in [1.54, 1.807) is 18.4 Å². The van der Waals surface area contributed by atoms with E-state index in [9.17, 15) is 4.79 Å².